The maximum absolute atomic E-state index is 12.1. The SMILES string of the molecule is NN=C(C1=NC=NC2NC=CC12)C1CCC(CN2CC(COCNCC(F)(F)F)C2)CC1. The van der Waals surface area contributed by atoms with Crippen LogP contribution in [0.5, 0.6) is 0 Å². The molecule has 2 atom stereocenters. The summed E-state index contributed by atoms with van der Waals surface area (Å²) in [6, 6.07) is 0. The fraction of sp³-hybridized carbons (Fsp3) is 0.762. The fourth-order valence-corrected chi connectivity index (χ4v) is 5.12. The van der Waals surface area contributed by atoms with Crippen LogP contribution in [0.1, 0.15) is 25.7 Å². The van der Waals surface area contributed by atoms with Crippen molar-refractivity contribution < 1.29 is 17.9 Å². The maximum Gasteiger partial charge on any atom is 0.401 e. The van der Waals surface area contributed by atoms with Gasteiger partial charge in [0, 0.05) is 31.5 Å². The molecule has 4 rings (SSSR count). The summed E-state index contributed by atoms with van der Waals surface area (Å²) in [5, 5.41) is 9.62. The highest BCUT2D eigenvalue weighted by molar-refractivity contribution is 6.45. The highest BCUT2D eigenvalue weighted by atomic mass is 19.4. The second-order valence-corrected chi connectivity index (χ2v) is 9.15. The molecule has 8 nitrogen and oxygen atoms in total. The average molecular weight is 456 g/mol. The molecule has 0 aromatic rings. The number of fused-ring (bicyclic) bond motifs is 1. The molecule has 1 saturated heterocycles. The number of nitrogens with one attached hydrogen (secondary N) is 2. The van der Waals surface area contributed by atoms with E-state index in [1.807, 2.05) is 6.20 Å². The third kappa shape index (κ3) is 5.87. The Kier molecular flexibility index (Phi) is 7.47. The monoisotopic (exact) mass is 455 g/mol. The summed E-state index contributed by atoms with van der Waals surface area (Å²) < 4.78 is 41.5. The molecule has 1 saturated carbocycles. The summed E-state index contributed by atoms with van der Waals surface area (Å²) in [4.78, 5) is 11.3. The van der Waals surface area contributed by atoms with E-state index in [9.17, 15) is 13.2 Å². The van der Waals surface area contributed by atoms with E-state index in [-0.39, 0.29) is 18.8 Å². The summed E-state index contributed by atoms with van der Waals surface area (Å²) in [5.41, 5.74) is 1.85. The minimum Gasteiger partial charge on any atom is -0.369 e. The molecule has 2 fully saturated rings. The van der Waals surface area contributed by atoms with Gasteiger partial charge in [-0.25, -0.2) is 9.98 Å². The standard InChI is InChI=1S/C21H32F3N7O/c22-21(23,24)11-26-13-32-10-15-8-31(9-15)7-14-1-3-16(4-2-14)18(30-25)19-17-5-6-27-20(17)29-12-28-19/h5-6,12,14-17,20,26-27H,1-4,7-11,13,25H2. The number of ether oxygens (including phenoxy) is 1. The molecular weight excluding hydrogens is 423 g/mol. The van der Waals surface area contributed by atoms with E-state index < -0.39 is 12.7 Å². The van der Waals surface area contributed by atoms with Gasteiger partial charge in [0.15, 0.2) is 0 Å². The van der Waals surface area contributed by atoms with Crippen LogP contribution in [-0.4, -0.2) is 74.5 Å². The Hall–Kier alpha value is -1.98. The number of nitrogens with two attached hydrogens (primary N) is 1. The molecule has 0 aromatic heterocycles. The lowest BCUT2D eigenvalue weighted by atomic mass is 9.76. The van der Waals surface area contributed by atoms with Gasteiger partial charge >= 0.3 is 6.18 Å². The van der Waals surface area contributed by atoms with Crippen molar-refractivity contribution in [2.45, 2.75) is 38.0 Å². The number of likely N-dealkylation sites (tertiary alicyclic amines) is 1. The van der Waals surface area contributed by atoms with Crippen LogP contribution < -0.4 is 16.5 Å². The van der Waals surface area contributed by atoms with E-state index in [0.717, 1.165) is 56.7 Å². The molecule has 0 aromatic carbocycles. The number of hydrogen-bond acceptors (Lipinski definition) is 8. The van der Waals surface area contributed by atoms with Gasteiger partial charge in [-0.2, -0.15) is 18.3 Å². The van der Waals surface area contributed by atoms with E-state index in [1.54, 1.807) is 6.34 Å². The number of nitrogens with zero attached hydrogens (tertiary/aromatic N) is 4. The molecule has 0 amide bonds. The Morgan fingerprint density at radius 2 is 2.03 bits per heavy atom. The molecule has 178 valence electrons. The molecule has 0 spiro atoms. The van der Waals surface area contributed by atoms with E-state index in [0.29, 0.717) is 24.4 Å². The minimum atomic E-state index is -4.20. The summed E-state index contributed by atoms with van der Waals surface area (Å²) in [6.07, 6.45) is 5.77. The van der Waals surface area contributed by atoms with Crippen LogP contribution in [0.15, 0.2) is 27.4 Å². The average Bonchev–Trinajstić information content (AvgIpc) is 3.22. The predicted molar refractivity (Wildman–Crippen MR) is 117 cm³/mol. The minimum absolute atomic E-state index is 0.000601. The van der Waals surface area contributed by atoms with Crippen LogP contribution in [0.2, 0.25) is 0 Å². The summed E-state index contributed by atoms with van der Waals surface area (Å²) in [5.74, 6) is 7.28. The van der Waals surface area contributed by atoms with Crippen molar-refractivity contribution in [2.24, 2.45) is 44.6 Å². The van der Waals surface area contributed by atoms with Crippen LogP contribution in [0.25, 0.3) is 0 Å². The summed E-state index contributed by atoms with van der Waals surface area (Å²) >= 11 is 0. The van der Waals surface area contributed by atoms with Gasteiger partial charge in [0.2, 0.25) is 0 Å². The summed E-state index contributed by atoms with van der Waals surface area (Å²) in [7, 11) is 0. The molecular formula is C21H32F3N7O. The van der Waals surface area contributed by atoms with Crippen molar-refractivity contribution in [3.05, 3.63) is 12.3 Å². The van der Waals surface area contributed by atoms with Gasteiger partial charge in [-0.05, 0) is 37.8 Å². The second-order valence-electron chi connectivity index (χ2n) is 9.15. The van der Waals surface area contributed by atoms with Gasteiger partial charge in [0.1, 0.15) is 12.5 Å². The number of alkyl halides is 3. The molecule has 4 N–H and O–H groups in total. The quantitative estimate of drug-likeness (QED) is 0.162. The molecule has 1 aliphatic carbocycles. The Bertz CT molecular complexity index is 753. The fourth-order valence-electron chi connectivity index (χ4n) is 5.12. The zero-order chi connectivity index (χ0) is 22.6. The van der Waals surface area contributed by atoms with Crippen molar-refractivity contribution >= 4 is 17.8 Å². The van der Waals surface area contributed by atoms with Crippen molar-refractivity contribution in [1.29, 1.82) is 0 Å². The zero-order valence-electron chi connectivity index (χ0n) is 18.1. The van der Waals surface area contributed by atoms with Gasteiger partial charge in [-0.3, -0.25) is 5.32 Å². The van der Waals surface area contributed by atoms with Gasteiger partial charge in [-0.15, -0.1) is 0 Å². The first-order valence-electron chi connectivity index (χ1n) is 11.3. The summed E-state index contributed by atoms with van der Waals surface area (Å²) in [6.45, 7) is 2.39. The van der Waals surface area contributed by atoms with Crippen LogP contribution in [0.4, 0.5) is 13.2 Å². The van der Waals surface area contributed by atoms with Gasteiger partial charge in [0.25, 0.3) is 0 Å². The van der Waals surface area contributed by atoms with E-state index in [4.69, 9.17) is 10.6 Å². The first-order chi connectivity index (χ1) is 15.4. The lowest BCUT2D eigenvalue weighted by Gasteiger charge is -2.42. The molecule has 32 heavy (non-hydrogen) atoms. The van der Waals surface area contributed by atoms with Crippen molar-refractivity contribution in [2.75, 3.05) is 39.5 Å². The lowest BCUT2D eigenvalue weighted by Crippen LogP contribution is -2.51. The third-order valence-electron chi connectivity index (χ3n) is 6.72. The highest BCUT2D eigenvalue weighted by Crippen LogP contribution is 2.33. The number of hydrazone groups is 1. The van der Waals surface area contributed by atoms with Crippen molar-refractivity contribution in [3.8, 4) is 0 Å². The molecule has 4 aliphatic rings. The number of halogens is 3. The largest absolute Gasteiger partial charge is 0.401 e. The number of rotatable bonds is 9. The number of hydrogen-bond donors (Lipinski definition) is 3. The Balaban J connectivity index is 1.13. The molecule has 0 radical (unpaired) electrons. The highest BCUT2D eigenvalue weighted by Gasteiger charge is 2.37. The second kappa shape index (κ2) is 10.3. The normalized spacial score (nSPS) is 31.2. The molecule has 2 unspecified atom stereocenters. The van der Waals surface area contributed by atoms with Crippen molar-refractivity contribution in [1.82, 2.24) is 15.5 Å². The molecule has 0 bridgehead atoms. The Labute approximate surface area is 186 Å². The first-order valence-corrected chi connectivity index (χ1v) is 11.3. The van der Waals surface area contributed by atoms with Crippen LogP contribution >= 0.6 is 0 Å². The van der Waals surface area contributed by atoms with Gasteiger partial charge in [-0.1, -0.05) is 6.08 Å². The first kappa shape index (κ1) is 23.2. The van der Waals surface area contributed by atoms with Gasteiger partial charge < -0.3 is 20.8 Å². The zero-order valence-corrected chi connectivity index (χ0v) is 18.1. The molecule has 3 heterocycles. The molecule has 3 aliphatic heterocycles. The number of aliphatic imine (C=N–C) groups is 2. The predicted octanol–water partition coefficient (Wildman–Crippen LogP) is 1.71. The van der Waals surface area contributed by atoms with Crippen LogP contribution in [0.3, 0.4) is 0 Å². The topological polar surface area (TPSA) is 99.6 Å². The van der Waals surface area contributed by atoms with Crippen LogP contribution in [0, 0.1) is 23.7 Å². The van der Waals surface area contributed by atoms with Gasteiger partial charge in [0.05, 0.1) is 37.2 Å². The van der Waals surface area contributed by atoms with Crippen LogP contribution in [-0.2, 0) is 4.74 Å². The Morgan fingerprint density at radius 3 is 2.75 bits per heavy atom. The lowest BCUT2D eigenvalue weighted by molar-refractivity contribution is -0.129. The maximum atomic E-state index is 12.1. The van der Waals surface area contributed by atoms with E-state index in [2.05, 4.69) is 36.7 Å². The third-order valence-corrected chi connectivity index (χ3v) is 6.72. The molecule has 11 heteroatoms. The smallest absolute Gasteiger partial charge is 0.369 e. The van der Waals surface area contributed by atoms with E-state index in [1.165, 1.54) is 0 Å². The van der Waals surface area contributed by atoms with Crippen molar-refractivity contribution in [3.63, 3.8) is 0 Å². The Morgan fingerprint density at radius 1 is 1.25 bits per heavy atom. The van der Waals surface area contributed by atoms with E-state index >= 15 is 0 Å².